The first-order valence-electron chi connectivity index (χ1n) is 4.91. The van der Waals surface area contributed by atoms with Crippen molar-refractivity contribution in [2.45, 2.75) is 0 Å². The van der Waals surface area contributed by atoms with Gasteiger partial charge in [0.1, 0.15) is 0 Å². The molecule has 0 atom stereocenters. The summed E-state index contributed by atoms with van der Waals surface area (Å²) in [5.74, 6) is -0.388. The fourth-order valence-electron chi connectivity index (χ4n) is 1.81. The third-order valence-corrected chi connectivity index (χ3v) is 3.34. The molecule has 0 N–H and O–H groups in total. The molecule has 1 aromatic carbocycles. The van der Waals surface area contributed by atoms with Crippen molar-refractivity contribution in [3.63, 3.8) is 0 Å². The number of halogens is 2. The van der Waals surface area contributed by atoms with Crippen molar-refractivity contribution >= 4 is 40.0 Å². The third kappa shape index (κ3) is 1.77. The molecule has 0 amide bonds. The van der Waals surface area contributed by atoms with Crippen LogP contribution < -0.4 is 5.69 Å². The average Bonchev–Trinajstić information content (AvgIpc) is 2.53. The number of alkyl halides is 1. The van der Waals surface area contributed by atoms with Crippen LogP contribution in [0.15, 0.2) is 16.9 Å². The van der Waals surface area contributed by atoms with E-state index in [1.165, 1.54) is 9.13 Å². The molecule has 0 spiro atoms. The predicted molar refractivity (Wildman–Crippen MR) is 68.2 cm³/mol. The van der Waals surface area contributed by atoms with Gasteiger partial charge in [-0.3, -0.25) is 13.9 Å². The highest BCUT2D eigenvalue weighted by Crippen LogP contribution is 2.23. The topological polar surface area (TPSA) is 44.0 Å². The Morgan fingerprint density at radius 3 is 2.29 bits per heavy atom. The number of aryl methyl sites for hydroxylation is 2. The summed E-state index contributed by atoms with van der Waals surface area (Å²) in [4.78, 5) is 23.3. The molecule has 0 unspecified atom stereocenters. The first kappa shape index (κ1) is 12.2. The highest BCUT2D eigenvalue weighted by atomic mass is 35.5. The Morgan fingerprint density at radius 1 is 1.24 bits per heavy atom. The quantitative estimate of drug-likeness (QED) is 0.620. The number of carbonyl (C=O) groups excluding carboxylic acids is 1. The van der Waals surface area contributed by atoms with Gasteiger partial charge in [-0.2, -0.15) is 0 Å². The maximum Gasteiger partial charge on any atom is 0.328 e. The zero-order chi connectivity index (χ0) is 12.7. The summed E-state index contributed by atoms with van der Waals surface area (Å²) in [6, 6.07) is 3.21. The van der Waals surface area contributed by atoms with E-state index in [9.17, 15) is 9.59 Å². The lowest BCUT2D eigenvalue weighted by Crippen LogP contribution is -2.19. The standard InChI is InChI=1S/C11H10Cl2N2O2/c1-14-8-3-6(10(16)5-12)7(13)4-9(8)15(2)11(14)17/h3-4H,5H2,1-2H3. The smallest absolute Gasteiger partial charge is 0.295 e. The van der Waals surface area contributed by atoms with Gasteiger partial charge in [0.05, 0.1) is 21.9 Å². The maximum atomic E-state index is 11.7. The van der Waals surface area contributed by atoms with Gasteiger partial charge in [-0.05, 0) is 12.1 Å². The number of imidazole rings is 1. The number of hydrogen-bond acceptors (Lipinski definition) is 2. The van der Waals surface area contributed by atoms with Crippen molar-refractivity contribution in [1.82, 2.24) is 9.13 Å². The lowest BCUT2D eigenvalue weighted by Gasteiger charge is -2.03. The van der Waals surface area contributed by atoms with Crippen LogP contribution >= 0.6 is 23.2 Å². The Bertz CT molecular complexity index is 670. The first-order valence-corrected chi connectivity index (χ1v) is 5.82. The van der Waals surface area contributed by atoms with Crippen molar-refractivity contribution in [2.75, 3.05) is 5.88 Å². The van der Waals surface area contributed by atoms with Gasteiger partial charge in [-0.1, -0.05) is 11.6 Å². The van der Waals surface area contributed by atoms with Gasteiger partial charge in [-0.15, -0.1) is 11.6 Å². The molecule has 6 heteroatoms. The molecule has 0 bridgehead atoms. The zero-order valence-corrected chi connectivity index (χ0v) is 10.8. The molecule has 0 aliphatic carbocycles. The number of carbonyl (C=O) groups is 1. The van der Waals surface area contributed by atoms with E-state index in [0.29, 0.717) is 21.6 Å². The molecule has 1 aromatic heterocycles. The molecule has 2 rings (SSSR count). The molecule has 0 radical (unpaired) electrons. The maximum absolute atomic E-state index is 11.7. The van der Waals surface area contributed by atoms with E-state index < -0.39 is 0 Å². The molecular formula is C11H10Cl2N2O2. The minimum absolute atomic E-state index is 0.133. The van der Waals surface area contributed by atoms with Crippen LogP contribution in [-0.2, 0) is 14.1 Å². The normalized spacial score (nSPS) is 11.1. The fourth-order valence-corrected chi connectivity index (χ4v) is 2.21. The van der Waals surface area contributed by atoms with Crippen LogP contribution in [-0.4, -0.2) is 20.8 Å². The number of Topliss-reactive ketones (excluding diaryl/α,β-unsaturated/α-hetero) is 1. The molecule has 4 nitrogen and oxygen atoms in total. The van der Waals surface area contributed by atoms with Gasteiger partial charge in [0.2, 0.25) is 0 Å². The van der Waals surface area contributed by atoms with Crippen LogP contribution in [0.3, 0.4) is 0 Å². The summed E-state index contributed by atoms with van der Waals surface area (Å²) in [5, 5.41) is 0.310. The van der Waals surface area contributed by atoms with E-state index in [1.807, 2.05) is 0 Å². The van der Waals surface area contributed by atoms with Crippen LogP contribution in [0.1, 0.15) is 10.4 Å². The van der Waals surface area contributed by atoms with E-state index in [-0.39, 0.29) is 17.4 Å². The molecule has 1 heterocycles. The molecule has 0 fully saturated rings. The second-order valence-corrected chi connectivity index (χ2v) is 4.45. The molecule has 0 aliphatic rings. The summed E-state index contributed by atoms with van der Waals surface area (Å²) < 4.78 is 2.95. The molecule has 90 valence electrons. The lowest BCUT2D eigenvalue weighted by molar-refractivity contribution is 0.102. The van der Waals surface area contributed by atoms with Crippen LogP contribution in [0.2, 0.25) is 5.02 Å². The van der Waals surface area contributed by atoms with Gasteiger partial charge >= 0.3 is 5.69 Å². The highest BCUT2D eigenvalue weighted by molar-refractivity contribution is 6.38. The monoisotopic (exact) mass is 272 g/mol. The van der Waals surface area contributed by atoms with Gasteiger partial charge in [0.25, 0.3) is 0 Å². The summed E-state index contributed by atoms with van der Waals surface area (Å²) in [7, 11) is 3.30. The molecule has 0 aliphatic heterocycles. The molecule has 17 heavy (non-hydrogen) atoms. The summed E-state index contributed by atoms with van der Waals surface area (Å²) in [5.41, 5.74) is 1.53. The molecule has 2 aromatic rings. The van der Waals surface area contributed by atoms with Crippen molar-refractivity contribution < 1.29 is 4.79 Å². The van der Waals surface area contributed by atoms with E-state index in [1.54, 1.807) is 26.2 Å². The highest BCUT2D eigenvalue weighted by Gasteiger charge is 2.15. The van der Waals surface area contributed by atoms with Gasteiger partial charge < -0.3 is 0 Å². The van der Waals surface area contributed by atoms with E-state index in [2.05, 4.69) is 0 Å². The summed E-state index contributed by atoms with van der Waals surface area (Å²) in [6.07, 6.45) is 0. The van der Waals surface area contributed by atoms with E-state index >= 15 is 0 Å². The first-order chi connectivity index (χ1) is 7.97. The second-order valence-electron chi connectivity index (χ2n) is 3.78. The number of fused-ring (bicyclic) bond motifs is 1. The van der Waals surface area contributed by atoms with Crippen molar-refractivity contribution in [3.8, 4) is 0 Å². The second kappa shape index (κ2) is 4.20. The largest absolute Gasteiger partial charge is 0.328 e. The summed E-state index contributed by atoms with van der Waals surface area (Å²) in [6.45, 7) is 0. The van der Waals surface area contributed by atoms with Crippen LogP contribution in [0.5, 0.6) is 0 Å². The number of ketones is 1. The van der Waals surface area contributed by atoms with Crippen molar-refractivity contribution in [1.29, 1.82) is 0 Å². The average molecular weight is 273 g/mol. The number of rotatable bonds is 2. The van der Waals surface area contributed by atoms with Crippen molar-refractivity contribution in [3.05, 3.63) is 33.2 Å². The Kier molecular flexibility index (Phi) is 3.02. The van der Waals surface area contributed by atoms with Gasteiger partial charge in [-0.25, -0.2) is 4.79 Å². The number of hydrogen-bond donors (Lipinski definition) is 0. The van der Waals surface area contributed by atoms with Gasteiger partial charge in [0.15, 0.2) is 5.78 Å². The summed E-state index contributed by atoms with van der Waals surface area (Å²) >= 11 is 11.5. The van der Waals surface area contributed by atoms with Crippen LogP contribution in [0, 0.1) is 0 Å². The van der Waals surface area contributed by atoms with Gasteiger partial charge in [0, 0.05) is 19.7 Å². The van der Waals surface area contributed by atoms with E-state index in [0.717, 1.165) is 0 Å². The Balaban J connectivity index is 2.86. The lowest BCUT2D eigenvalue weighted by atomic mass is 10.1. The molecule has 0 saturated heterocycles. The van der Waals surface area contributed by atoms with Crippen LogP contribution in [0.25, 0.3) is 11.0 Å². The van der Waals surface area contributed by atoms with Crippen molar-refractivity contribution in [2.24, 2.45) is 14.1 Å². The minimum atomic E-state index is -0.255. The van der Waals surface area contributed by atoms with Crippen LogP contribution in [0.4, 0.5) is 0 Å². The minimum Gasteiger partial charge on any atom is -0.295 e. The number of benzene rings is 1. The molecule has 0 saturated carbocycles. The SMILES string of the molecule is Cn1c(=O)n(C)c2cc(C(=O)CCl)c(Cl)cc21. The Morgan fingerprint density at radius 2 is 1.76 bits per heavy atom. The zero-order valence-electron chi connectivity index (χ0n) is 9.33. The van der Waals surface area contributed by atoms with E-state index in [4.69, 9.17) is 23.2 Å². The Labute approximate surface area is 107 Å². The Hall–Kier alpha value is -1.26. The third-order valence-electron chi connectivity index (χ3n) is 2.78. The fraction of sp³-hybridized carbons (Fsp3) is 0.273. The number of nitrogens with zero attached hydrogens (tertiary/aromatic N) is 2. The predicted octanol–water partition coefficient (Wildman–Crippen LogP) is 1.95. The molecular weight excluding hydrogens is 263 g/mol. The number of aromatic nitrogens is 2.